The lowest BCUT2D eigenvalue weighted by atomic mass is 9.74. The quantitative estimate of drug-likeness (QED) is 0.685. The van der Waals surface area contributed by atoms with Crippen molar-refractivity contribution in [3.8, 4) is 0 Å². The molecule has 0 N–H and O–H groups in total. The van der Waals surface area contributed by atoms with Crippen molar-refractivity contribution >= 4 is 13.3 Å². The summed E-state index contributed by atoms with van der Waals surface area (Å²) in [6.07, 6.45) is 10.8. The van der Waals surface area contributed by atoms with Crippen LogP contribution in [0.5, 0.6) is 0 Å². The van der Waals surface area contributed by atoms with E-state index >= 15 is 0 Å². The Hall–Kier alpha value is -0.605. The Morgan fingerprint density at radius 2 is 1.70 bits per heavy atom. The summed E-state index contributed by atoms with van der Waals surface area (Å²) >= 11 is 0. The topological polar surface area (TPSA) is 30.8 Å². The molecule has 2 unspecified atom stereocenters. The van der Waals surface area contributed by atoms with Gasteiger partial charge >= 0.3 is 7.12 Å². The van der Waals surface area contributed by atoms with Crippen LogP contribution in [0.4, 0.5) is 0 Å². The van der Waals surface area contributed by atoms with Crippen LogP contribution in [-0.4, -0.2) is 30.6 Å². The molecule has 20 heavy (non-hydrogen) atoms. The third kappa shape index (κ3) is 2.48. The van der Waals surface area contributed by atoms with Crippen LogP contribution >= 0.6 is 0 Å². The first-order chi connectivity index (χ1) is 9.39. The van der Waals surface area contributed by atoms with Gasteiger partial charge in [-0.05, 0) is 51.9 Å². The highest BCUT2D eigenvalue weighted by Crippen LogP contribution is 2.39. The van der Waals surface area contributed by atoms with E-state index in [0.29, 0.717) is 12.0 Å². The first kappa shape index (κ1) is 14.3. The summed E-state index contributed by atoms with van der Waals surface area (Å²) in [5, 5.41) is 0. The zero-order valence-corrected chi connectivity index (χ0v) is 13.2. The van der Waals surface area contributed by atoms with Crippen molar-refractivity contribution in [1.82, 2.24) is 0 Å². The predicted molar refractivity (Wildman–Crippen MR) is 83.0 cm³/mol. The van der Waals surface area contributed by atoms with Gasteiger partial charge in [-0.25, -0.2) is 0 Å². The number of aliphatic imine (C=N–C) groups is 1. The number of nitrogens with zero attached hydrogens (tertiary/aromatic N) is 1. The fourth-order valence-electron chi connectivity index (χ4n) is 3.29. The summed E-state index contributed by atoms with van der Waals surface area (Å²) in [5.41, 5.74) is 0.575. The molecule has 0 aromatic carbocycles. The minimum absolute atomic E-state index is 0.257. The molecular weight excluding hydrogens is 249 g/mol. The van der Waals surface area contributed by atoms with Gasteiger partial charge in [0.1, 0.15) is 0 Å². The minimum Gasteiger partial charge on any atom is -0.399 e. The smallest absolute Gasteiger partial charge is 0.399 e. The highest BCUT2D eigenvalue weighted by atomic mass is 16.7. The van der Waals surface area contributed by atoms with Crippen molar-refractivity contribution in [1.29, 1.82) is 0 Å². The maximum atomic E-state index is 6.13. The van der Waals surface area contributed by atoms with E-state index in [0.717, 1.165) is 5.47 Å². The van der Waals surface area contributed by atoms with E-state index in [1.807, 2.05) is 6.21 Å². The van der Waals surface area contributed by atoms with Crippen molar-refractivity contribution in [2.45, 2.75) is 77.0 Å². The average Bonchev–Trinajstić information content (AvgIpc) is 2.56. The third-order valence-corrected chi connectivity index (χ3v) is 5.38. The largest absolute Gasteiger partial charge is 0.496 e. The molecule has 3 nitrogen and oxygen atoms in total. The van der Waals surface area contributed by atoms with Gasteiger partial charge in [0.2, 0.25) is 0 Å². The molecule has 2 fully saturated rings. The molecule has 0 bridgehead atoms. The Labute approximate surface area is 123 Å². The average molecular weight is 275 g/mol. The second kappa shape index (κ2) is 4.99. The Morgan fingerprint density at radius 1 is 1.05 bits per heavy atom. The van der Waals surface area contributed by atoms with Gasteiger partial charge in [0.25, 0.3) is 0 Å². The van der Waals surface area contributed by atoms with E-state index in [1.165, 1.54) is 32.1 Å². The summed E-state index contributed by atoms with van der Waals surface area (Å²) in [6.45, 7) is 8.40. The molecule has 0 amide bonds. The Bertz CT molecular complexity index is 426. The predicted octanol–water partition coefficient (Wildman–Crippen LogP) is 3.58. The van der Waals surface area contributed by atoms with Gasteiger partial charge in [-0.1, -0.05) is 25.3 Å². The molecule has 110 valence electrons. The highest BCUT2D eigenvalue weighted by Gasteiger charge is 2.52. The molecule has 0 aromatic heterocycles. The highest BCUT2D eigenvalue weighted by molar-refractivity contribution is 6.60. The zero-order chi connectivity index (χ0) is 14.4. The molecule has 1 saturated heterocycles. The van der Waals surface area contributed by atoms with Crippen molar-refractivity contribution < 1.29 is 9.31 Å². The van der Waals surface area contributed by atoms with Crippen LogP contribution in [-0.2, 0) is 9.31 Å². The first-order valence-electron chi connectivity index (χ1n) is 8.00. The van der Waals surface area contributed by atoms with Crippen LogP contribution in [0.3, 0.4) is 0 Å². The van der Waals surface area contributed by atoms with E-state index in [9.17, 15) is 0 Å². The lowest BCUT2D eigenvalue weighted by Gasteiger charge is -2.32. The molecule has 3 aliphatic rings. The lowest BCUT2D eigenvalue weighted by molar-refractivity contribution is 0.00578. The number of rotatable bonds is 1. The van der Waals surface area contributed by atoms with Crippen LogP contribution < -0.4 is 0 Å². The fourth-order valence-corrected chi connectivity index (χ4v) is 3.29. The number of fused-ring (bicyclic) bond motifs is 1. The molecule has 0 spiro atoms. The first-order valence-corrected chi connectivity index (χ1v) is 8.00. The second-order valence-electron chi connectivity index (χ2n) is 7.40. The van der Waals surface area contributed by atoms with Crippen molar-refractivity contribution in [3.63, 3.8) is 0 Å². The number of hydrogen-bond donors (Lipinski definition) is 0. The van der Waals surface area contributed by atoms with E-state index in [1.54, 1.807) is 0 Å². The van der Waals surface area contributed by atoms with Gasteiger partial charge in [-0.2, -0.15) is 0 Å². The second-order valence-corrected chi connectivity index (χ2v) is 7.40. The summed E-state index contributed by atoms with van der Waals surface area (Å²) < 4.78 is 12.3. The Morgan fingerprint density at radius 3 is 2.40 bits per heavy atom. The summed E-state index contributed by atoms with van der Waals surface area (Å²) in [5.74, 6) is 0.580. The Balaban J connectivity index is 1.77. The van der Waals surface area contributed by atoms with Crippen LogP contribution in [0.25, 0.3) is 0 Å². The van der Waals surface area contributed by atoms with Gasteiger partial charge in [0.15, 0.2) is 0 Å². The standard InChI is InChI=1S/C16H26BNO2/c1-15(2)16(3,4)20-17(19-15)13-10-12-8-6-5-7-9-14(12)18-11-13/h10-12,14H,5-9H2,1-4H3. The van der Waals surface area contributed by atoms with Crippen LogP contribution in [0.2, 0.25) is 0 Å². The third-order valence-electron chi connectivity index (χ3n) is 5.38. The fraction of sp³-hybridized carbons (Fsp3) is 0.812. The molecule has 4 heteroatoms. The van der Waals surface area contributed by atoms with Crippen molar-refractivity contribution in [2.24, 2.45) is 10.9 Å². The lowest BCUT2D eigenvalue weighted by Crippen LogP contribution is -2.41. The molecule has 1 aliphatic carbocycles. The van der Waals surface area contributed by atoms with Gasteiger partial charge in [-0.3, -0.25) is 4.99 Å². The summed E-state index contributed by atoms with van der Waals surface area (Å²) in [6, 6.07) is 0.490. The monoisotopic (exact) mass is 275 g/mol. The number of dihydropyridines is 1. The molecule has 2 aliphatic heterocycles. The zero-order valence-electron chi connectivity index (χ0n) is 13.2. The van der Waals surface area contributed by atoms with Crippen LogP contribution in [0, 0.1) is 5.92 Å². The summed E-state index contributed by atoms with van der Waals surface area (Å²) in [7, 11) is -0.257. The van der Waals surface area contributed by atoms with Gasteiger partial charge < -0.3 is 9.31 Å². The van der Waals surface area contributed by atoms with E-state index < -0.39 is 0 Å². The van der Waals surface area contributed by atoms with Crippen LogP contribution in [0.15, 0.2) is 16.5 Å². The molecule has 2 atom stereocenters. The summed E-state index contributed by atoms with van der Waals surface area (Å²) in [4.78, 5) is 4.78. The van der Waals surface area contributed by atoms with Crippen molar-refractivity contribution in [3.05, 3.63) is 11.5 Å². The van der Waals surface area contributed by atoms with Crippen LogP contribution in [0.1, 0.15) is 59.8 Å². The molecular formula is C16H26BNO2. The van der Waals surface area contributed by atoms with E-state index in [2.05, 4.69) is 33.8 Å². The molecule has 3 rings (SSSR count). The molecule has 1 saturated carbocycles. The maximum absolute atomic E-state index is 6.13. The van der Waals surface area contributed by atoms with Gasteiger partial charge in [0, 0.05) is 6.21 Å². The SMILES string of the molecule is CC1(C)OB(C2=CC3CCCCCC3N=C2)OC1(C)C. The van der Waals surface area contributed by atoms with E-state index in [4.69, 9.17) is 14.3 Å². The normalized spacial score (nSPS) is 35.4. The number of allylic oxidation sites excluding steroid dienone is 1. The molecule has 2 heterocycles. The van der Waals surface area contributed by atoms with Crippen molar-refractivity contribution in [2.75, 3.05) is 0 Å². The van der Waals surface area contributed by atoms with Gasteiger partial charge in [0.05, 0.1) is 17.2 Å². The molecule has 0 aromatic rings. The maximum Gasteiger partial charge on any atom is 0.496 e. The van der Waals surface area contributed by atoms with E-state index in [-0.39, 0.29) is 18.3 Å². The minimum atomic E-state index is -0.271. The number of hydrogen-bond acceptors (Lipinski definition) is 3. The molecule has 0 radical (unpaired) electrons. The van der Waals surface area contributed by atoms with Gasteiger partial charge in [-0.15, -0.1) is 0 Å². The Kier molecular flexibility index (Phi) is 3.58.